The summed E-state index contributed by atoms with van der Waals surface area (Å²) < 4.78 is 5.63. The number of hydrogen-bond acceptors (Lipinski definition) is 2. The number of para-hydroxylation sites is 1. The molecule has 0 saturated carbocycles. The number of amides is 1. The maximum atomic E-state index is 12.0. The average molecular weight is 281 g/mol. The number of ether oxygens (including phenoxy) is 1. The Balaban J connectivity index is 1.71. The van der Waals surface area contributed by atoms with Crippen LogP contribution in [0.4, 0.5) is 10.5 Å². The molecule has 0 bridgehead atoms. The molecule has 0 fully saturated rings. The summed E-state index contributed by atoms with van der Waals surface area (Å²) in [7, 11) is 0. The molecular weight excluding hydrogens is 262 g/mol. The first-order chi connectivity index (χ1) is 10.2. The summed E-state index contributed by atoms with van der Waals surface area (Å²) >= 11 is 0. The average Bonchev–Trinajstić information content (AvgIpc) is 2.49. The molecule has 0 spiro atoms. The molecule has 1 aliphatic rings. The molecule has 1 unspecified atom stereocenters. The smallest absolute Gasteiger partial charge is 0.412 e. The van der Waals surface area contributed by atoms with Crippen molar-refractivity contribution < 1.29 is 9.53 Å². The van der Waals surface area contributed by atoms with E-state index in [1.54, 1.807) is 0 Å². The molecule has 1 N–H and O–H groups in total. The van der Waals surface area contributed by atoms with Gasteiger partial charge in [-0.2, -0.15) is 0 Å². The van der Waals surface area contributed by atoms with Gasteiger partial charge in [0.2, 0.25) is 0 Å². The van der Waals surface area contributed by atoms with E-state index in [1.165, 1.54) is 11.1 Å². The number of benzene rings is 2. The second kappa shape index (κ2) is 6.00. The maximum Gasteiger partial charge on any atom is 0.412 e. The van der Waals surface area contributed by atoms with E-state index in [-0.39, 0.29) is 12.2 Å². The molecule has 3 rings (SSSR count). The van der Waals surface area contributed by atoms with Crippen LogP contribution in [0, 0.1) is 6.92 Å². The van der Waals surface area contributed by atoms with Crippen molar-refractivity contribution in [1.29, 1.82) is 0 Å². The molecule has 0 saturated heterocycles. The summed E-state index contributed by atoms with van der Waals surface area (Å²) in [6.45, 7) is 2.07. The van der Waals surface area contributed by atoms with Gasteiger partial charge in [-0.05, 0) is 49.4 Å². The topological polar surface area (TPSA) is 38.3 Å². The minimum Gasteiger partial charge on any atom is -0.441 e. The molecule has 3 heteroatoms. The van der Waals surface area contributed by atoms with Crippen LogP contribution in [-0.4, -0.2) is 6.09 Å². The van der Waals surface area contributed by atoms with E-state index in [0.717, 1.165) is 30.5 Å². The summed E-state index contributed by atoms with van der Waals surface area (Å²) in [5.74, 6) is 0. The highest BCUT2D eigenvalue weighted by molar-refractivity contribution is 5.84. The molecular formula is C18H19NO2. The zero-order chi connectivity index (χ0) is 14.7. The molecule has 0 aliphatic heterocycles. The van der Waals surface area contributed by atoms with Crippen molar-refractivity contribution in [3.63, 3.8) is 0 Å². The zero-order valence-corrected chi connectivity index (χ0v) is 12.1. The first kappa shape index (κ1) is 13.7. The largest absolute Gasteiger partial charge is 0.441 e. The lowest BCUT2D eigenvalue weighted by Crippen LogP contribution is -2.20. The van der Waals surface area contributed by atoms with Crippen LogP contribution < -0.4 is 5.32 Å². The molecule has 21 heavy (non-hydrogen) atoms. The third-order valence-electron chi connectivity index (χ3n) is 3.83. The van der Waals surface area contributed by atoms with Crippen molar-refractivity contribution >= 4 is 11.8 Å². The van der Waals surface area contributed by atoms with Crippen LogP contribution in [0.2, 0.25) is 0 Å². The van der Waals surface area contributed by atoms with Crippen LogP contribution in [0.5, 0.6) is 0 Å². The Kier molecular flexibility index (Phi) is 3.91. The van der Waals surface area contributed by atoms with Crippen molar-refractivity contribution in [3.05, 3.63) is 65.2 Å². The summed E-state index contributed by atoms with van der Waals surface area (Å²) in [4.78, 5) is 12.0. The summed E-state index contributed by atoms with van der Waals surface area (Å²) in [5, 5.41) is 2.77. The van der Waals surface area contributed by atoms with E-state index in [0.29, 0.717) is 0 Å². The number of carbonyl (C=O) groups is 1. The van der Waals surface area contributed by atoms with Gasteiger partial charge in [-0.25, -0.2) is 4.79 Å². The Bertz CT molecular complexity index is 637. The molecule has 0 heterocycles. The van der Waals surface area contributed by atoms with Crippen molar-refractivity contribution in [1.82, 2.24) is 0 Å². The zero-order valence-electron chi connectivity index (χ0n) is 12.1. The molecule has 2 aromatic rings. The number of nitrogens with one attached hydrogen (secondary N) is 1. The Morgan fingerprint density at radius 3 is 2.81 bits per heavy atom. The fourth-order valence-electron chi connectivity index (χ4n) is 2.80. The molecule has 1 amide bonds. The monoisotopic (exact) mass is 281 g/mol. The predicted octanol–water partition coefficient (Wildman–Crippen LogP) is 4.62. The SMILES string of the molecule is Cc1ccc2c(c1)C(OC(=O)Nc1ccccc1)CCC2. The fraction of sp³-hybridized carbons (Fsp3) is 0.278. The van der Waals surface area contributed by atoms with Gasteiger partial charge in [-0.1, -0.05) is 42.0 Å². The van der Waals surface area contributed by atoms with Gasteiger partial charge in [0, 0.05) is 5.69 Å². The minimum atomic E-state index is -0.388. The van der Waals surface area contributed by atoms with Gasteiger partial charge in [0.1, 0.15) is 6.10 Å². The van der Waals surface area contributed by atoms with Crippen molar-refractivity contribution in [2.24, 2.45) is 0 Å². The van der Waals surface area contributed by atoms with Gasteiger partial charge in [0.25, 0.3) is 0 Å². The van der Waals surface area contributed by atoms with E-state index in [9.17, 15) is 4.79 Å². The van der Waals surface area contributed by atoms with Crippen LogP contribution >= 0.6 is 0 Å². The van der Waals surface area contributed by atoms with Gasteiger partial charge in [-0.15, -0.1) is 0 Å². The van der Waals surface area contributed by atoms with E-state index in [1.807, 2.05) is 30.3 Å². The van der Waals surface area contributed by atoms with Crippen molar-refractivity contribution in [2.45, 2.75) is 32.3 Å². The van der Waals surface area contributed by atoms with Gasteiger partial charge >= 0.3 is 6.09 Å². The highest BCUT2D eigenvalue weighted by atomic mass is 16.6. The van der Waals surface area contributed by atoms with Crippen LogP contribution in [0.3, 0.4) is 0 Å². The van der Waals surface area contributed by atoms with Gasteiger partial charge in [0.05, 0.1) is 0 Å². The third-order valence-corrected chi connectivity index (χ3v) is 3.83. The molecule has 108 valence electrons. The first-order valence-electron chi connectivity index (χ1n) is 7.34. The predicted molar refractivity (Wildman–Crippen MR) is 83.4 cm³/mol. The van der Waals surface area contributed by atoms with Crippen molar-refractivity contribution in [2.75, 3.05) is 5.32 Å². The Labute approximate surface area is 124 Å². The molecule has 1 aliphatic carbocycles. The molecule has 2 aromatic carbocycles. The Morgan fingerprint density at radius 2 is 2.00 bits per heavy atom. The lowest BCUT2D eigenvalue weighted by Gasteiger charge is -2.26. The second-order valence-electron chi connectivity index (χ2n) is 5.48. The highest BCUT2D eigenvalue weighted by Gasteiger charge is 2.23. The van der Waals surface area contributed by atoms with Crippen LogP contribution in [0.15, 0.2) is 48.5 Å². The third kappa shape index (κ3) is 3.24. The summed E-state index contributed by atoms with van der Waals surface area (Å²) in [6.07, 6.45) is 2.48. The fourth-order valence-corrected chi connectivity index (χ4v) is 2.80. The van der Waals surface area contributed by atoms with Gasteiger partial charge in [-0.3, -0.25) is 5.32 Å². The second-order valence-corrected chi connectivity index (χ2v) is 5.48. The van der Waals surface area contributed by atoms with E-state index in [4.69, 9.17) is 4.74 Å². The van der Waals surface area contributed by atoms with E-state index >= 15 is 0 Å². The maximum absolute atomic E-state index is 12.0. The molecule has 0 aromatic heterocycles. The van der Waals surface area contributed by atoms with Crippen LogP contribution in [0.1, 0.15) is 35.6 Å². The summed E-state index contributed by atoms with van der Waals surface area (Å²) in [6, 6.07) is 15.8. The number of carbonyl (C=O) groups excluding carboxylic acids is 1. The Hall–Kier alpha value is -2.29. The van der Waals surface area contributed by atoms with E-state index in [2.05, 4.69) is 30.4 Å². The Morgan fingerprint density at radius 1 is 1.19 bits per heavy atom. The van der Waals surface area contributed by atoms with E-state index < -0.39 is 0 Å². The van der Waals surface area contributed by atoms with Gasteiger partial charge < -0.3 is 4.74 Å². The number of anilines is 1. The number of aryl methyl sites for hydroxylation is 2. The molecule has 1 atom stereocenters. The lowest BCUT2D eigenvalue weighted by atomic mass is 9.88. The van der Waals surface area contributed by atoms with Crippen LogP contribution in [-0.2, 0) is 11.2 Å². The number of hydrogen-bond donors (Lipinski definition) is 1. The summed E-state index contributed by atoms with van der Waals surface area (Å²) in [5.41, 5.74) is 4.41. The van der Waals surface area contributed by atoms with Gasteiger partial charge in [0.15, 0.2) is 0 Å². The van der Waals surface area contributed by atoms with Crippen molar-refractivity contribution in [3.8, 4) is 0 Å². The quantitative estimate of drug-likeness (QED) is 0.872. The first-order valence-corrected chi connectivity index (χ1v) is 7.34. The molecule has 3 nitrogen and oxygen atoms in total. The molecule has 0 radical (unpaired) electrons. The van der Waals surface area contributed by atoms with Crippen LogP contribution in [0.25, 0.3) is 0 Å². The lowest BCUT2D eigenvalue weighted by molar-refractivity contribution is 0.0999. The normalized spacial score (nSPS) is 16.9. The highest BCUT2D eigenvalue weighted by Crippen LogP contribution is 2.33. The standard InChI is InChI=1S/C18H19NO2/c1-13-10-11-14-6-5-9-17(16(14)12-13)21-18(20)19-15-7-3-2-4-8-15/h2-4,7-8,10-12,17H,5-6,9H2,1H3,(H,19,20). The number of fused-ring (bicyclic) bond motifs is 1. The minimum absolute atomic E-state index is 0.141. The number of rotatable bonds is 2.